The lowest BCUT2D eigenvalue weighted by molar-refractivity contribution is 0.0940. The van der Waals surface area contributed by atoms with E-state index in [0.717, 1.165) is 40.8 Å². The number of hydrogen-bond donors (Lipinski definition) is 2. The molecule has 1 amide bonds. The molecule has 3 aromatic heterocycles. The number of nitrogens with one attached hydrogen (secondary N) is 1. The summed E-state index contributed by atoms with van der Waals surface area (Å²) in [7, 11) is 3.16. The van der Waals surface area contributed by atoms with Crippen LogP contribution in [-0.4, -0.2) is 57.9 Å². The smallest absolute Gasteiger partial charge is 0.291 e. The number of carbonyl (C=O) groups excluding carboxylic acids is 1. The van der Waals surface area contributed by atoms with E-state index in [1.807, 2.05) is 36.5 Å². The van der Waals surface area contributed by atoms with Gasteiger partial charge in [0.2, 0.25) is 5.82 Å². The van der Waals surface area contributed by atoms with Gasteiger partial charge in [0.05, 0.1) is 13.7 Å². The zero-order chi connectivity index (χ0) is 25.8. The van der Waals surface area contributed by atoms with E-state index >= 15 is 0 Å². The van der Waals surface area contributed by atoms with Crippen LogP contribution in [-0.2, 0) is 24.4 Å². The fourth-order valence-corrected chi connectivity index (χ4v) is 4.50. The van der Waals surface area contributed by atoms with Gasteiger partial charge in [0.25, 0.3) is 5.91 Å². The van der Waals surface area contributed by atoms with Crippen LogP contribution >= 0.6 is 0 Å². The van der Waals surface area contributed by atoms with Crippen LogP contribution in [0.15, 0.2) is 42.7 Å². The van der Waals surface area contributed by atoms with Crippen molar-refractivity contribution in [1.29, 1.82) is 0 Å². The number of hydrogen-bond acceptors (Lipinski definition) is 9. The second-order valence-corrected chi connectivity index (χ2v) is 8.93. The van der Waals surface area contributed by atoms with Gasteiger partial charge in [0.1, 0.15) is 24.0 Å². The van der Waals surface area contributed by atoms with E-state index in [1.54, 1.807) is 25.1 Å². The molecular weight excluding hydrogens is 472 g/mol. The Labute approximate surface area is 214 Å². The molecule has 3 N–H and O–H groups in total. The zero-order valence-corrected chi connectivity index (χ0v) is 21.0. The number of nitrogen functional groups attached to an aromatic ring is 1. The molecule has 37 heavy (non-hydrogen) atoms. The molecule has 1 aromatic carbocycles. The number of fused-ring (bicyclic) bond motifs is 1. The molecule has 0 radical (unpaired) electrons. The Morgan fingerprint density at radius 1 is 1.14 bits per heavy atom. The number of aromatic nitrogens is 5. The Morgan fingerprint density at radius 3 is 2.70 bits per heavy atom. The van der Waals surface area contributed by atoms with Gasteiger partial charge in [0, 0.05) is 50.1 Å². The third-order valence-corrected chi connectivity index (χ3v) is 6.43. The average molecular weight is 503 g/mol. The Morgan fingerprint density at radius 2 is 1.97 bits per heavy atom. The topological polar surface area (TPSA) is 133 Å². The Bertz CT molecular complexity index is 1400. The predicted molar refractivity (Wildman–Crippen MR) is 139 cm³/mol. The van der Waals surface area contributed by atoms with Crippen LogP contribution in [0.25, 0.3) is 10.8 Å². The van der Waals surface area contributed by atoms with Crippen molar-refractivity contribution in [3.63, 3.8) is 0 Å². The molecule has 1 fully saturated rings. The lowest BCUT2D eigenvalue weighted by Gasteiger charge is -2.16. The zero-order valence-electron chi connectivity index (χ0n) is 21.0. The van der Waals surface area contributed by atoms with Crippen molar-refractivity contribution < 1.29 is 14.3 Å². The normalized spacial score (nSPS) is 13.3. The minimum absolute atomic E-state index is 0.0712. The van der Waals surface area contributed by atoms with E-state index in [1.165, 1.54) is 12.8 Å². The van der Waals surface area contributed by atoms with E-state index in [2.05, 4.69) is 30.3 Å². The van der Waals surface area contributed by atoms with E-state index in [0.29, 0.717) is 23.9 Å². The number of ether oxygens (including phenoxy) is 2. The number of nitrogens with two attached hydrogens (primary N) is 1. The lowest BCUT2D eigenvalue weighted by Crippen LogP contribution is -2.24. The van der Waals surface area contributed by atoms with Crippen LogP contribution in [0.2, 0.25) is 0 Å². The van der Waals surface area contributed by atoms with Gasteiger partial charge < -0.3 is 25.4 Å². The number of benzene rings is 1. The van der Waals surface area contributed by atoms with Gasteiger partial charge in [-0.1, -0.05) is 6.07 Å². The SMILES string of the molecule is COCc1nc(C(=O)NCc2cc3ccnc(N)c3cc2OC)nn1Cc1ccc(N2CCCC2)nc1. The van der Waals surface area contributed by atoms with Gasteiger partial charge in [-0.3, -0.25) is 4.79 Å². The number of amides is 1. The van der Waals surface area contributed by atoms with Crippen LogP contribution in [0.3, 0.4) is 0 Å². The summed E-state index contributed by atoms with van der Waals surface area (Å²) in [4.78, 5) is 28.4. The van der Waals surface area contributed by atoms with Crippen LogP contribution in [0, 0.1) is 0 Å². The van der Waals surface area contributed by atoms with Crippen LogP contribution in [0.4, 0.5) is 11.6 Å². The number of pyridine rings is 2. The van der Waals surface area contributed by atoms with Crippen molar-refractivity contribution in [3.05, 3.63) is 65.5 Å². The molecule has 0 aliphatic carbocycles. The highest BCUT2D eigenvalue weighted by Crippen LogP contribution is 2.28. The Balaban J connectivity index is 1.30. The molecule has 192 valence electrons. The predicted octanol–water partition coefficient (Wildman–Crippen LogP) is 2.54. The fourth-order valence-electron chi connectivity index (χ4n) is 4.50. The summed E-state index contributed by atoms with van der Waals surface area (Å²) in [6, 6.07) is 9.68. The maximum Gasteiger partial charge on any atom is 0.291 e. The molecule has 5 rings (SSSR count). The van der Waals surface area contributed by atoms with Crippen molar-refractivity contribution in [2.75, 3.05) is 37.9 Å². The Kier molecular flexibility index (Phi) is 7.13. The maximum absolute atomic E-state index is 13.0. The maximum atomic E-state index is 13.0. The van der Waals surface area contributed by atoms with Gasteiger partial charge in [-0.05, 0) is 48.1 Å². The van der Waals surface area contributed by atoms with Gasteiger partial charge in [-0.15, -0.1) is 5.10 Å². The molecule has 1 saturated heterocycles. The van der Waals surface area contributed by atoms with Gasteiger partial charge in [-0.2, -0.15) is 0 Å². The van der Waals surface area contributed by atoms with Gasteiger partial charge >= 0.3 is 0 Å². The van der Waals surface area contributed by atoms with Crippen LogP contribution < -0.4 is 20.7 Å². The number of nitrogens with zero attached hydrogens (tertiary/aromatic N) is 6. The Hall–Kier alpha value is -4.25. The molecule has 4 aromatic rings. The van der Waals surface area contributed by atoms with Crippen LogP contribution in [0.5, 0.6) is 5.75 Å². The minimum Gasteiger partial charge on any atom is -0.496 e. The van der Waals surface area contributed by atoms with Gasteiger partial charge in [0.15, 0.2) is 5.82 Å². The van der Waals surface area contributed by atoms with Crippen molar-refractivity contribution in [2.24, 2.45) is 0 Å². The number of rotatable bonds is 9. The largest absolute Gasteiger partial charge is 0.496 e. The summed E-state index contributed by atoms with van der Waals surface area (Å²) in [5.41, 5.74) is 7.75. The third kappa shape index (κ3) is 5.31. The fraction of sp³-hybridized carbons (Fsp3) is 0.346. The van der Waals surface area contributed by atoms with E-state index in [4.69, 9.17) is 15.2 Å². The first-order valence-corrected chi connectivity index (χ1v) is 12.2. The summed E-state index contributed by atoms with van der Waals surface area (Å²) in [5.74, 6) is 2.25. The second kappa shape index (κ2) is 10.8. The summed E-state index contributed by atoms with van der Waals surface area (Å²) < 4.78 is 12.5. The van der Waals surface area contributed by atoms with Crippen molar-refractivity contribution in [3.8, 4) is 5.75 Å². The number of anilines is 2. The molecular formula is C26H30N8O3. The quantitative estimate of drug-likeness (QED) is 0.354. The van der Waals surface area contributed by atoms with Crippen molar-refractivity contribution >= 4 is 28.3 Å². The van der Waals surface area contributed by atoms with Crippen molar-refractivity contribution in [2.45, 2.75) is 32.5 Å². The molecule has 11 nitrogen and oxygen atoms in total. The summed E-state index contributed by atoms with van der Waals surface area (Å²) >= 11 is 0. The highest BCUT2D eigenvalue weighted by molar-refractivity contribution is 5.93. The van der Waals surface area contributed by atoms with Gasteiger partial charge in [-0.25, -0.2) is 19.6 Å². The van der Waals surface area contributed by atoms with E-state index in [-0.39, 0.29) is 19.0 Å². The molecule has 0 spiro atoms. The molecule has 11 heteroatoms. The van der Waals surface area contributed by atoms with Crippen molar-refractivity contribution in [1.82, 2.24) is 30.0 Å². The molecule has 1 aliphatic rings. The highest BCUT2D eigenvalue weighted by Gasteiger charge is 2.18. The molecule has 4 heterocycles. The summed E-state index contributed by atoms with van der Waals surface area (Å²) in [5, 5.41) is 9.05. The summed E-state index contributed by atoms with van der Waals surface area (Å²) in [6.07, 6.45) is 5.90. The standard InChI is InChI=1S/C26H30N8O3/c1-36-16-23-31-25(32-34(23)15-17-5-6-22(29-13-17)33-9-3-4-10-33)26(35)30-14-19-11-18-7-8-28-24(27)20(18)12-21(19)37-2/h5-8,11-13H,3-4,9-10,14-16H2,1-2H3,(H2,27,28)(H,30,35). The number of methoxy groups -OCH3 is 2. The molecule has 1 aliphatic heterocycles. The minimum atomic E-state index is -0.394. The first kappa shape index (κ1) is 24.4. The van der Waals surface area contributed by atoms with E-state index in [9.17, 15) is 4.79 Å². The second-order valence-electron chi connectivity index (χ2n) is 8.93. The first-order chi connectivity index (χ1) is 18.1. The lowest BCUT2D eigenvalue weighted by atomic mass is 10.1. The van der Waals surface area contributed by atoms with E-state index < -0.39 is 5.91 Å². The van der Waals surface area contributed by atoms with Crippen LogP contribution in [0.1, 0.15) is 40.4 Å². The molecule has 0 atom stereocenters. The molecule has 0 unspecified atom stereocenters. The monoisotopic (exact) mass is 502 g/mol. The molecule has 0 bridgehead atoms. The average Bonchev–Trinajstić information content (AvgIpc) is 3.59. The number of carbonyl (C=O) groups is 1. The summed E-state index contributed by atoms with van der Waals surface area (Å²) in [6.45, 7) is 2.98. The first-order valence-electron chi connectivity index (χ1n) is 12.2. The highest BCUT2D eigenvalue weighted by atomic mass is 16.5. The third-order valence-electron chi connectivity index (χ3n) is 6.43. The molecule has 0 saturated carbocycles.